The minimum absolute atomic E-state index is 0.0758. The van der Waals surface area contributed by atoms with Crippen molar-refractivity contribution in [1.82, 2.24) is 4.90 Å². The van der Waals surface area contributed by atoms with Crippen molar-refractivity contribution in [2.24, 2.45) is 5.92 Å². The van der Waals surface area contributed by atoms with Crippen molar-refractivity contribution >= 4 is 41.6 Å². The van der Waals surface area contributed by atoms with Gasteiger partial charge in [-0.2, -0.15) is 0 Å². The summed E-state index contributed by atoms with van der Waals surface area (Å²) >= 11 is 3.21. The molecule has 0 aromatic heterocycles. The Bertz CT molecular complexity index is 644. The van der Waals surface area contributed by atoms with E-state index in [-0.39, 0.29) is 10.8 Å². The van der Waals surface area contributed by atoms with Crippen molar-refractivity contribution in [3.05, 3.63) is 27.7 Å². The summed E-state index contributed by atoms with van der Waals surface area (Å²) in [6.07, 6.45) is 0. The number of carbonyl (C=O) groups is 1. The van der Waals surface area contributed by atoms with Crippen LogP contribution in [0.25, 0.3) is 0 Å². The first-order chi connectivity index (χ1) is 9.57. The predicted octanol–water partition coefficient (Wildman–Crippen LogP) is 3.80. The third kappa shape index (κ3) is 4.69. The van der Waals surface area contributed by atoms with Gasteiger partial charge in [-0.15, -0.1) is 0 Å². The van der Waals surface area contributed by atoms with E-state index in [0.29, 0.717) is 34.6 Å². The topological polar surface area (TPSA) is 54.5 Å². The summed E-state index contributed by atoms with van der Waals surface area (Å²) in [4.78, 5) is 14.1. The Hall–Kier alpha value is -0.590. The lowest BCUT2D eigenvalue weighted by Crippen LogP contribution is -2.34. The van der Waals surface area contributed by atoms with Crippen molar-refractivity contribution in [3.63, 3.8) is 0 Å². The van der Waals surface area contributed by atoms with Crippen LogP contribution in [-0.2, 0) is 9.05 Å². The second-order valence-electron chi connectivity index (χ2n) is 5.28. The van der Waals surface area contributed by atoms with Crippen LogP contribution < -0.4 is 0 Å². The van der Waals surface area contributed by atoms with Crippen LogP contribution in [0, 0.1) is 12.8 Å². The van der Waals surface area contributed by atoms with Crippen molar-refractivity contribution in [1.29, 1.82) is 0 Å². The Morgan fingerprint density at radius 3 is 2.38 bits per heavy atom. The van der Waals surface area contributed by atoms with E-state index < -0.39 is 9.05 Å². The van der Waals surface area contributed by atoms with Crippen LogP contribution in [-0.4, -0.2) is 32.3 Å². The highest BCUT2D eigenvalue weighted by Gasteiger charge is 2.22. The van der Waals surface area contributed by atoms with Gasteiger partial charge in [-0.3, -0.25) is 4.79 Å². The van der Waals surface area contributed by atoms with Gasteiger partial charge in [0.1, 0.15) is 0 Å². The Kier molecular flexibility index (Phi) is 6.25. The molecule has 4 nitrogen and oxygen atoms in total. The zero-order valence-electron chi connectivity index (χ0n) is 12.5. The summed E-state index contributed by atoms with van der Waals surface area (Å²) in [6.45, 7) is 8.85. The number of hydrogen-bond donors (Lipinski definition) is 0. The van der Waals surface area contributed by atoms with Gasteiger partial charge < -0.3 is 4.90 Å². The van der Waals surface area contributed by atoms with Gasteiger partial charge in [0.15, 0.2) is 0 Å². The van der Waals surface area contributed by atoms with E-state index in [9.17, 15) is 13.2 Å². The molecule has 1 amide bonds. The summed E-state index contributed by atoms with van der Waals surface area (Å²) in [5.41, 5.74) is 0.984. The SMILES string of the molecule is CCN(CC(C)C)C(=O)c1cc(C)c(Br)c(S(=O)(=O)Cl)c1. The van der Waals surface area contributed by atoms with Crippen LogP contribution in [0.5, 0.6) is 0 Å². The van der Waals surface area contributed by atoms with Gasteiger partial charge in [-0.05, 0) is 53.4 Å². The second kappa shape index (κ2) is 7.11. The molecule has 0 spiro atoms. The summed E-state index contributed by atoms with van der Waals surface area (Å²) in [6, 6.07) is 2.99. The van der Waals surface area contributed by atoms with Crippen LogP contribution in [0.4, 0.5) is 0 Å². The molecule has 0 radical (unpaired) electrons. The molecular weight excluding hydrogens is 378 g/mol. The first kappa shape index (κ1) is 18.5. The lowest BCUT2D eigenvalue weighted by atomic mass is 10.1. The van der Waals surface area contributed by atoms with E-state index in [4.69, 9.17) is 10.7 Å². The molecule has 0 saturated heterocycles. The quantitative estimate of drug-likeness (QED) is 0.711. The minimum atomic E-state index is -3.91. The number of aryl methyl sites for hydroxylation is 1. The molecule has 118 valence electrons. The average molecular weight is 397 g/mol. The summed E-state index contributed by atoms with van der Waals surface area (Å²) in [7, 11) is 1.51. The summed E-state index contributed by atoms with van der Waals surface area (Å²) < 4.78 is 23.6. The monoisotopic (exact) mass is 395 g/mol. The van der Waals surface area contributed by atoms with Crippen LogP contribution >= 0.6 is 26.6 Å². The van der Waals surface area contributed by atoms with E-state index in [1.165, 1.54) is 6.07 Å². The summed E-state index contributed by atoms with van der Waals surface area (Å²) in [5, 5.41) is 0. The maximum Gasteiger partial charge on any atom is 0.262 e. The first-order valence-electron chi connectivity index (χ1n) is 6.62. The summed E-state index contributed by atoms with van der Waals surface area (Å²) in [5.74, 6) is 0.144. The van der Waals surface area contributed by atoms with E-state index in [1.54, 1.807) is 17.9 Å². The van der Waals surface area contributed by atoms with Crippen molar-refractivity contribution in [3.8, 4) is 0 Å². The number of benzene rings is 1. The fraction of sp³-hybridized carbons (Fsp3) is 0.500. The Morgan fingerprint density at radius 1 is 1.38 bits per heavy atom. The smallest absolute Gasteiger partial charge is 0.262 e. The Morgan fingerprint density at radius 2 is 1.95 bits per heavy atom. The van der Waals surface area contributed by atoms with Gasteiger partial charge in [0, 0.05) is 33.8 Å². The molecule has 0 fully saturated rings. The fourth-order valence-electron chi connectivity index (χ4n) is 2.02. The van der Waals surface area contributed by atoms with Gasteiger partial charge in [-0.25, -0.2) is 8.42 Å². The van der Waals surface area contributed by atoms with E-state index in [2.05, 4.69) is 15.9 Å². The number of amides is 1. The number of halogens is 2. The Labute approximate surface area is 139 Å². The standard InChI is InChI=1S/C14H19BrClNO3S/c1-5-17(8-9(2)3)14(18)11-6-10(4)13(15)12(7-11)21(16,19)20/h6-7,9H,5,8H2,1-4H3. The molecule has 0 aliphatic carbocycles. The Balaban J connectivity index is 3.31. The third-order valence-electron chi connectivity index (χ3n) is 2.99. The number of carbonyl (C=O) groups excluding carboxylic acids is 1. The van der Waals surface area contributed by atoms with Crippen LogP contribution in [0.3, 0.4) is 0 Å². The zero-order valence-corrected chi connectivity index (χ0v) is 15.6. The van der Waals surface area contributed by atoms with Crippen molar-refractivity contribution in [2.45, 2.75) is 32.6 Å². The molecule has 0 aliphatic heterocycles. The van der Waals surface area contributed by atoms with E-state index in [0.717, 1.165) is 0 Å². The van der Waals surface area contributed by atoms with Crippen LogP contribution in [0.15, 0.2) is 21.5 Å². The van der Waals surface area contributed by atoms with E-state index >= 15 is 0 Å². The van der Waals surface area contributed by atoms with Gasteiger partial charge in [0.25, 0.3) is 15.0 Å². The molecule has 0 unspecified atom stereocenters. The van der Waals surface area contributed by atoms with Gasteiger partial charge in [0.2, 0.25) is 0 Å². The highest BCUT2D eigenvalue weighted by atomic mass is 79.9. The normalized spacial score (nSPS) is 11.8. The first-order valence-corrected chi connectivity index (χ1v) is 9.72. The molecule has 0 aliphatic rings. The second-order valence-corrected chi connectivity index (χ2v) is 8.61. The molecule has 1 aromatic rings. The molecular formula is C14H19BrClNO3S. The van der Waals surface area contributed by atoms with Crippen molar-refractivity contribution in [2.75, 3.05) is 13.1 Å². The minimum Gasteiger partial charge on any atom is -0.339 e. The van der Waals surface area contributed by atoms with Crippen LogP contribution in [0.2, 0.25) is 0 Å². The molecule has 0 saturated carbocycles. The lowest BCUT2D eigenvalue weighted by Gasteiger charge is -2.23. The highest BCUT2D eigenvalue weighted by Crippen LogP contribution is 2.30. The van der Waals surface area contributed by atoms with Crippen LogP contribution in [0.1, 0.15) is 36.7 Å². The fourth-order valence-corrected chi connectivity index (χ4v) is 4.17. The molecule has 0 N–H and O–H groups in total. The predicted molar refractivity (Wildman–Crippen MR) is 88.3 cm³/mol. The molecule has 1 rings (SSSR count). The van der Waals surface area contributed by atoms with Crippen molar-refractivity contribution < 1.29 is 13.2 Å². The molecule has 0 bridgehead atoms. The largest absolute Gasteiger partial charge is 0.339 e. The maximum atomic E-state index is 12.5. The van der Waals surface area contributed by atoms with E-state index in [1.807, 2.05) is 20.8 Å². The van der Waals surface area contributed by atoms with Gasteiger partial charge in [0.05, 0.1) is 4.90 Å². The number of rotatable bonds is 5. The molecule has 1 aromatic carbocycles. The third-order valence-corrected chi connectivity index (χ3v) is 5.65. The number of nitrogens with zero attached hydrogens (tertiary/aromatic N) is 1. The molecule has 21 heavy (non-hydrogen) atoms. The molecule has 0 heterocycles. The molecule has 0 atom stereocenters. The lowest BCUT2D eigenvalue weighted by molar-refractivity contribution is 0.0745. The van der Waals surface area contributed by atoms with Gasteiger partial charge >= 0.3 is 0 Å². The average Bonchev–Trinajstić information content (AvgIpc) is 2.36. The van der Waals surface area contributed by atoms with Gasteiger partial charge in [-0.1, -0.05) is 13.8 Å². The maximum absolute atomic E-state index is 12.5. The molecule has 7 heteroatoms. The number of hydrogen-bond acceptors (Lipinski definition) is 3. The highest BCUT2D eigenvalue weighted by molar-refractivity contribution is 9.10. The zero-order chi connectivity index (χ0) is 16.4.